The lowest BCUT2D eigenvalue weighted by molar-refractivity contribution is -0.116. The van der Waals surface area contributed by atoms with E-state index in [1.807, 2.05) is 19.9 Å². The molecule has 0 spiro atoms. The predicted molar refractivity (Wildman–Crippen MR) is 129 cm³/mol. The van der Waals surface area contributed by atoms with Crippen LogP contribution in [0.4, 0.5) is 13.2 Å². The van der Waals surface area contributed by atoms with Crippen LogP contribution in [-0.2, 0) is 11.3 Å². The number of nitrogens with one attached hydrogen (secondary N) is 1. The number of benzene rings is 3. The number of hydrogen-bond acceptors (Lipinski definition) is 3. The van der Waals surface area contributed by atoms with Gasteiger partial charge in [0.25, 0.3) is 0 Å². The van der Waals surface area contributed by atoms with Gasteiger partial charge in [-0.15, -0.1) is 0 Å². The van der Waals surface area contributed by atoms with Crippen LogP contribution in [0.2, 0.25) is 0 Å². The Morgan fingerprint density at radius 2 is 1.77 bits per heavy atom. The number of fused-ring (bicyclic) bond motifs is 1. The summed E-state index contributed by atoms with van der Waals surface area (Å²) in [6, 6.07) is 11.5. The molecule has 35 heavy (non-hydrogen) atoms. The third-order valence-corrected chi connectivity index (χ3v) is 5.76. The second-order valence-electron chi connectivity index (χ2n) is 8.09. The van der Waals surface area contributed by atoms with Crippen LogP contribution in [0.15, 0.2) is 65.3 Å². The lowest BCUT2D eigenvalue weighted by Crippen LogP contribution is -2.22. The monoisotopic (exact) mass is 479 g/mol. The second kappa shape index (κ2) is 10.1. The summed E-state index contributed by atoms with van der Waals surface area (Å²) in [5.41, 5.74) is 4.01. The number of carbonyl (C=O) groups excluding carboxylic acids is 1. The largest absolute Gasteiger partial charge is 0.493 e. The van der Waals surface area contributed by atoms with E-state index in [0.717, 1.165) is 34.2 Å². The average Bonchev–Trinajstić information content (AvgIpc) is 3.25. The highest BCUT2D eigenvalue weighted by Crippen LogP contribution is 2.40. The fourth-order valence-electron chi connectivity index (χ4n) is 3.99. The SMILES string of the molecule is CCOc1c(/C(C)=C/C(=O)NCc2c(F)cccc2F)cc2c(-c3ccc(F)cc3)coc2c1C. The molecule has 0 atom stereocenters. The molecule has 0 aliphatic rings. The maximum atomic E-state index is 13.9. The van der Waals surface area contributed by atoms with Crippen LogP contribution in [0.1, 0.15) is 30.5 Å². The third-order valence-electron chi connectivity index (χ3n) is 5.76. The molecule has 0 unspecified atom stereocenters. The van der Waals surface area contributed by atoms with Crippen LogP contribution in [0.5, 0.6) is 5.75 Å². The molecule has 1 aromatic heterocycles. The molecule has 7 heteroatoms. The van der Waals surface area contributed by atoms with Crippen LogP contribution in [-0.4, -0.2) is 12.5 Å². The summed E-state index contributed by atoms with van der Waals surface area (Å²) in [6.07, 6.45) is 2.97. The van der Waals surface area contributed by atoms with Crippen molar-refractivity contribution in [2.24, 2.45) is 0 Å². The lowest BCUT2D eigenvalue weighted by atomic mass is 9.96. The van der Waals surface area contributed by atoms with E-state index in [2.05, 4.69) is 5.32 Å². The zero-order valence-electron chi connectivity index (χ0n) is 19.5. The molecule has 1 N–H and O–H groups in total. The highest BCUT2D eigenvalue weighted by molar-refractivity contribution is 6.01. The van der Waals surface area contributed by atoms with Crippen molar-refractivity contribution in [2.45, 2.75) is 27.3 Å². The first kappa shape index (κ1) is 24.1. The minimum Gasteiger partial charge on any atom is -0.493 e. The Morgan fingerprint density at radius 3 is 2.43 bits per heavy atom. The van der Waals surface area contributed by atoms with E-state index in [-0.39, 0.29) is 17.9 Å². The summed E-state index contributed by atoms with van der Waals surface area (Å²) in [5, 5.41) is 3.32. The highest BCUT2D eigenvalue weighted by Gasteiger charge is 2.19. The van der Waals surface area contributed by atoms with Crippen molar-refractivity contribution in [1.82, 2.24) is 5.32 Å². The normalized spacial score (nSPS) is 11.7. The first-order valence-corrected chi connectivity index (χ1v) is 11.1. The van der Waals surface area contributed by atoms with Gasteiger partial charge in [0.2, 0.25) is 5.91 Å². The number of carbonyl (C=O) groups is 1. The molecule has 0 radical (unpaired) electrons. The van der Waals surface area contributed by atoms with Gasteiger partial charge in [-0.2, -0.15) is 0 Å². The van der Waals surface area contributed by atoms with Gasteiger partial charge in [-0.3, -0.25) is 4.79 Å². The Balaban J connectivity index is 1.71. The minimum absolute atomic E-state index is 0.207. The number of aryl methyl sites for hydroxylation is 1. The summed E-state index contributed by atoms with van der Waals surface area (Å²) < 4.78 is 52.9. The highest BCUT2D eigenvalue weighted by atomic mass is 19.1. The molecule has 3 aromatic carbocycles. The van der Waals surface area contributed by atoms with Crippen LogP contribution in [0.3, 0.4) is 0 Å². The molecule has 4 aromatic rings. The fraction of sp³-hybridized carbons (Fsp3) is 0.179. The summed E-state index contributed by atoms with van der Waals surface area (Å²) in [4.78, 5) is 12.6. The van der Waals surface area contributed by atoms with Crippen molar-refractivity contribution in [3.63, 3.8) is 0 Å². The molecule has 4 nitrogen and oxygen atoms in total. The van der Waals surface area contributed by atoms with Gasteiger partial charge in [-0.05, 0) is 62.2 Å². The van der Waals surface area contributed by atoms with Gasteiger partial charge < -0.3 is 14.5 Å². The van der Waals surface area contributed by atoms with Crippen molar-refractivity contribution in [2.75, 3.05) is 6.61 Å². The quantitative estimate of drug-likeness (QED) is 0.292. The summed E-state index contributed by atoms with van der Waals surface area (Å²) in [5.74, 6) is -1.71. The molecule has 0 saturated heterocycles. The van der Waals surface area contributed by atoms with Gasteiger partial charge in [-0.25, -0.2) is 13.2 Å². The molecule has 1 amide bonds. The number of furan rings is 1. The number of halogens is 3. The Morgan fingerprint density at radius 1 is 1.09 bits per heavy atom. The van der Waals surface area contributed by atoms with Crippen LogP contribution >= 0.6 is 0 Å². The van der Waals surface area contributed by atoms with E-state index in [9.17, 15) is 18.0 Å². The molecule has 180 valence electrons. The van der Waals surface area contributed by atoms with Crippen molar-refractivity contribution in [1.29, 1.82) is 0 Å². The first-order valence-electron chi connectivity index (χ1n) is 11.1. The standard InChI is InChI=1S/C28H24F3NO3/c1-4-34-27-17(3)28-21(23(15-35-28)18-8-10-19(29)11-9-18)13-20(27)16(2)12-26(33)32-14-22-24(30)6-5-7-25(22)31/h5-13,15H,4,14H2,1-3H3,(H,32,33)/b16-12+. The van der Waals surface area contributed by atoms with Gasteiger partial charge in [0, 0.05) is 40.3 Å². The Bertz CT molecular complexity index is 1400. The molecule has 1 heterocycles. The summed E-state index contributed by atoms with van der Waals surface area (Å²) >= 11 is 0. The smallest absolute Gasteiger partial charge is 0.244 e. The topological polar surface area (TPSA) is 51.5 Å². The molecule has 0 fully saturated rings. The number of ether oxygens (including phenoxy) is 1. The van der Waals surface area contributed by atoms with E-state index in [0.29, 0.717) is 29.1 Å². The van der Waals surface area contributed by atoms with Crippen LogP contribution in [0.25, 0.3) is 27.7 Å². The average molecular weight is 479 g/mol. The Labute approximate surface area is 201 Å². The number of hydrogen-bond donors (Lipinski definition) is 1. The first-order chi connectivity index (χ1) is 16.8. The maximum absolute atomic E-state index is 13.9. The van der Waals surface area contributed by atoms with E-state index >= 15 is 0 Å². The summed E-state index contributed by atoms with van der Waals surface area (Å²) in [7, 11) is 0. The van der Waals surface area contributed by atoms with Gasteiger partial charge in [-0.1, -0.05) is 18.2 Å². The van der Waals surface area contributed by atoms with Crippen LogP contribution in [0, 0.1) is 24.4 Å². The number of rotatable bonds is 7. The lowest BCUT2D eigenvalue weighted by Gasteiger charge is -2.15. The molecular weight excluding hydrogens is 455 g/mol. The van der Waals surface area contributed by atoms with Crippen LogP contribution < -0.4 is 10.1 Å². The fourth-order valence-corrected chi connectivity index (χ4v) is 3.99. The van der Waals surface area contributed by atoms with Crippen molar-refractivity contribution in [3.05, 3.63) is 95.0 Å². The van der Waals surface area contributed by atoms with Gasteiger partial charge in [0.05, 0.1) is 12.9 Å². The zero-order chi connectivity index (χ0) is 25.1. The van der Waals surface area contributed by atoms with Gasteiger partial charge >= 0.3 is 0 Å². The number of allylic oxidation sites excluding steroid dienone is 1. The van der Waals surface area contributed by atoms with Gasteiger partial charge in [0.1, 0.15) is 28.8 Å². The molecule has 0 saturated carbocycles. The molecule has 0 aliphatic heterocycles. The summed E-state index contributed by atoms with van der Waals surface area (Å²) in [6.45, 7) is 5.59. The van der Waals surface area contributed by atoms with Crippen molar-refractivity contribution in [3.8, 4) is 16.9 Å². The van der Waals surface area contributed by atoms with E-state index in [4.69, 9.17) is 9.15 Å². The zero-order valence-corrected chi connectivity index (χ0v) is 19.5. The number of amides is 1. The van der Waals surface area contributed by atoms with Gasteiger partial charge in [0.15, 0.2) is 0 Å². The van der Waals surface area contributed by atoms with Crippen molar-refractivity contribution < 1.29 is 27.1 Å². The molecule has 0 bridgehead atoms. The molecule has 4 rings (SSSR count). The molecule has 0 aliphatic carbocycles. The third kappa shape index (κ3) is 4.94. The Kier molecular flexibility index (Phi) is 6.96. The van der Waals surface area contributed by atoms with E-state index in [1.54, 1.807) is 25.3 Å². The second-order valence-corrected chi connectivity index (χ2v) is 8.09. The maximum Gasteiger partial charge on any atom is 0.244 e. The minimum atomic E-state index is -0.723. The molecular formula is C28H24F3NO3. The Hall–Kier alpha value is -4.00. The van der Waals surface area contributed by atoms with E-state index < -0.39 is 17.5 Å². The van der Waals surface area contributed by atoms with Crippen molar-refractivity contribution >= 4 is 22.4 Å². The predicted octanol–water partition coefficient (Wildman–Crippen LogP) is 6.94. The van der Waals surface area contributed by atoms with E-state index in [1.165, 1.54) is 24.3 Å².